The van der Waals surface area contributed by atoms with Gasteiger partial charge in [-0.3, -0.25) is 10.2 Å². The molecule has 4 nitrogen and oxygen atoms in total. The summed E-state index contributed by atoms with van der Waals surface area (Å²) < 4.78 is 58.7. The number of hydrogen-bond acceptors (Lipinski definition) is 3. The molecule has 0 aliphatic heterocycles. The number of ketones is 1. The molecule has 0 fully saturated rings. The second-order valence-corrected chi connectivity index (χ2v) is 6.17. The first kappa shape index (κ1) is 21.4. The predicted molar refractivity (Wildman–Crippen MR) is 105 cm³/mol. The third kappa shape index (κ3) is 4.04. The van der Waals surface area contributed by atoms with E-state index in [4.69, 9.17) is 5.41 Å². The van der Waals surface area contributed by atoms with Gasteiger partial charge in [0.1, 0.15) is 0 Å². The Morgan fingerprint density at radius 2 is 1.42 bits per heavy atom. The molecule has 0 unspecified atom stereocenters. The summed E-state index contributed by atoms with van der Waals surface area (Å²) >= 11 is 0. The summed E-state index contributed by atoms with van der Waals surface area (Å²) in [6.45, 7) is 0. The van der Waals surface area contributed by atoms with E-state index in [0.29, 0.717) is 5.56 Å². The standard InChI is InChI=1S/C23H12F4N3O/c24-19-17(15(12-28)11-14-7-3-1-4-8-14)18(20(25)22(27)21(19)26)23(31)16(13-29)30-9-5-2-6-10-30/h1-11,29H/q+1/b15-11+. The number of nitrogens with zero attached hydrogens (tertiary/aromatic N) is 2. The van der Waals surface area contributed by atoms with Crippen molar-refractivity contribution in [1.29, 1.82) is 10.7 Å². The van der Waals surface area contributed by atoms with Gasteiger partial charge in [-0.15, -0.1) is 0 Å². The van der Waals surface area contributed by atoms with Crippen LogP contribution in [0, 0.1) is 40.0 Å². The van der Waals surface area contributed by atoms with Gasteiger partial charge in [-0.25, -0.2) is 17.6 Å². The number of benzene rings is 2. The van der Waals surface area contributed by atoms with Gasteiger partial charge in [-0.2, -0.15) is 9.83 Å². The minimum atomic E-state index is -2.20. The van der Waals surface area contributed by atoms with Crippen LogP contribution in [-0.4, -0.2) is 11.7 Å². The van der Waals surface area contributed by atoms with Gasteiger partial charge in [0.2, 0.25) is 0 Å². The highest BCUT2D eigenvalue weighted by molar-refractivity contribution is 6.29. The second kappa shape index (κ2) is 8.99. The molecular formula is C23H12F4N3O+. The van der Waals surface area contributed by atoms with E-state index in [0.717, 1.165) is 10.6 Å². The zero-order valence-electron chi connectivity index (χ0n) is 15.7. The van der Waals surface area contributed by atoms with E-state index in [1.165, 1.54) is 36.7 Å². The van der Waals surface area contributed by atoms with E-state index in [-0.39, 0.29) is 0 Å². The monoisotopic (exact) mass is 422 g/mol. The third-order valence-corrected chi connectivity index (χ3v) is 4.30. The first-order valence-electron chi connectivity index (χ1n) is 8.75. The number of carbonyl (C=O) groups is 1. The lowest BCUT2D eigenvalue weighted by atomic mass is 9.93. The predicted octanol–water partition coefficient (Wildman–Crippen LogP) is 4.57. The average Bonchev–Trinajstić information content (AvgIpc) is 2.80. The van der Waals surface area contributed by atoms with Gasteiger partial charge in [0, 0.05) is 17.7 Å². The Kier molecular flexibility index (Phi) is 6.20. The van der Waals surface area contributed by atoms with Crippen LogP contribution in [0.2, 0.25) is 0 Å². The van der Waals surface area contributed by atoms with Gasteiger partial charge >= 0.3 is 5.70 Å². The summed E-state index contributed by atoms with van der Waals surface area (Å²) in [5.74, 6) is -7.79. The number of rotatable bonds is 5. The van der Waals surface area contributed by atoms with Gasteiger partial charge in [0.25, 0.3) is 5.78 Å². The van der Waals surface area contributed by atoms with Crippen molar-refractivity contribution in [2.75, 3.05) is 0 Å². The largest absolute Gasteiger partial charge is 0.321 e. The van der Waals surface area contributed by atoms with Crippen molar-refractivity contribution in [1.82, 2.24) is 0 Å². The highest BCUT2D eigenvalue weighted by Crippen LogP contribution is 2.32. The van der Waals surface area contributed by atoms with Gasteiger partial charge in [0.15, 0.2) is 35.7 Å². The quantitative estimate of drug-likeness (QED) is 0.0754. The minimum Gasteiger partial charge on any atom is -0.281 e. The molecule has 0 bridgehead atoms. The second-order valence-electron chi connectivity index (χ2n) is 6.17. The maximum absolute atomic E-state index is 14.8. The maximum atomic E-state index is 14.8. The Labute approximate surface area is 174 Å². The Bertz CT molecular complexity index is 1290. The topological polar surface area (TPSA) is 68.6 Å². The summed E-state index contributed by atoms with van der Waals surface area (Å²) in [5, 5.41) is 16.9. The summed E-state index contributed by atoms with van der Waals surface area (Å²) in [4.78, 5) is 13.0. The first-order chi connectivity index (χ1) is 14.9. The van der Waals surface area contributed by atoms with Gasteiger partial charge in [0.05, 0.1) is 23.1 Å². The number of allylic oxidation sites excluding steroid dienone is 2. The number of nitriles is 1. The Balaban J connectivity index is 2.33. The van der Waals surface area contributed by atoms with Crippen molar-refractivity contribution in [3.63, 3.8) is 0 Å². The molecular weight excluding hydrogens is 410 g/mol. The fourth-order valence-electron chi connectivity index (χ4n) is 2.88. The molecule has 0 spiro atoms. The molecule has 8 heteroatoms. The van der Waals surface area contributed by atoms with E-state index in [1.807, 2.05) is 0 Å². The molecule has 1 N–H and O–H groups in total. The molecule has 0 aliphatic rings. The van der Waals surface area contributed by atoms with Crippen LogP contribution in [0.4, 0.5) is 17.6 Å². The molecule has 31 heavy (non-hydrogen) atoms. The fourth-order valence-corrected chi connectivity index (χ4v) is 2.88. The molecule has 1 aromatic heterocycles. The van der Waals surface area contributed by atoms with Crippen LogP contribution in [0.3, 0.4) is 0 Å². The number of pyridine rings is 1. The molecule has 0 saturated carbocycles. The summed E-state index contributed by atoms with van der Waals surface area (Å²) in [5.41, 5.74) is -3.08. The minimum absolute atomic E-state index is 0.377. The molecule has 3 aromatic rings. The Morgan fingerprint density at radius 3 is 1.97 bits per heavy atom. The van der Waals surface area contributed by atoms with Crippen molar-refractivity contribution in [3.05, 3.63) is 101 Å². The first-order valence-corrected chi connectivity index (χ1v) is 8.75. The van der Waals surface area contributed by atoms with E-state index in [9.17, 15) is 27.6 Å². The number of nitrogens with one attached hydrogen (secondary N) is 1. The number of aromatic nitrogens is 1. The fraction of sp³-hybridized carbons (Fsp3) is 0. The van der Waals surface area contributed by atoms with Crippen LogP contribution >= 0.6 is 0 Å². The molecule has 1 heterocycles. The average molecular weight is 422 g/mol. The number of halogens is 4. The van der Waals surface area contributed by atoms with E-state index in [1.54, 1.807) is 36.2 Å². The zero-order valence-corrected chi connectivity index (χ0v) is 15.7. The summed E-state index contributed by atoms with van der Waals surface area (Å²) in [7, 11) is 0. The van der Waals surface area contributed by atoms with Crippen LogP contribution in [-0.2, 0) is 0 Å². The van der Waals surface area contributed by atoms with Crippen molar-refractivity contribution in [3.8, 4) is 6.07 Å². The van der Waals surface area contributed by atoms with Crippen LogP contribution in [0.25, 0.3) is 17.3 Å². The number of carbonyl (C=O) groups excluding carboxylic acids is 1. The number of hydrogen-bond donors (Lipinski definition) is 1. The smallest absolute Gasteiger partial charge is 0.281 e. The van der Waals surface area contributed by atoms with Gasteiger partial charge in [-0.1, -0.05) is 36.4 Å². The molecule has 152 valence electrons. The van der Waals surface area contributed by atoms with E-state index >= 15 is 0 Å². The Hall–Kier alpha value is -4.34. The van der Waals surface area contributed by atoms with Gasteiger partial charge in [-0.05, 0) is 11.6 Å². The third-order valence-electron chi connectivity index (χ3n) is 4.30. The van der Waals surface area contributed by atoms with Crippen molar-refractivity contribution in [2.45, 2.75) is 0 Å². The number of Topliss-reactive ketones (excluding diaryl/α,β-unsaturated/α-hetero) is 1. The molecule has 0 atom stereocenters. The van der Waals surface area contributed by atoms with Gasteiger partial charge < -0.3 is 0 Å². The molecule has 0 aliphatic carbocycles. The summed E-state index contributed by atoms with van der Waals surface area (Å²) in [6.07, 6.45) is 3.76. The van der Waals surface area contributed by atoms with Crippen molar-refractivity contribution >= 4 is 29.0 Å². The van der Waals surface area contributed by atoms with E-state index < -0.39 is 51.4 Å². The van der Waals surface area contributed by atoms with E-state index in [2.05, 4.69) is 0 Å². The zero-order chi connectivity index (χ0) is 22.5. The molecule has 0 saturated heterocycles. The normalized spacial score (nSPS) is 10.9. The van der Waals surface area contributed by atoms with Crippen molar-refractivity contribution < 1.29 is 26.9 Å². The van der Waals surface area contributed by atoms with Crippen molar-refractivity contribution in [2.24, 2.45) is 0 Å². The van der Waals surface area contributed by atoms with Crippen LogP contribution in [0.5, 0.6) is 0 Å². The van der Waals surface area contributed by atoms with Crippen LogP contribution < -0.4 is 4.57 Å². The lowest BCUT2D eigenvalue weighted by Crippen LogP contribution is -2.36. The highest BCUT2D eigenvalue weighted by atomic mass is 19.2. The van der Waals surface area contributed by atoms with Crippen LogP contribution in [0.15, 0.2) is 60.9 Å². The molecule has 0 amide bonds. The summed E-state index contributed by atoms with van der Waals surface area (Å²) in [6, 6.07) is 14.1. The molecule has 2 aromatic carbocycles. The molecule has 3 rings (SSSR count). The maximum Gasteiger partial charge on any atom is 0.321 e. The highest BCUT2D eigenvalue weighted by Gasteiger charge is 2.35. The lowest BCUT2D eigenvalue weighted by Gasteiger charge is -2.11. The molecule has 0 radical (unpaired) electrons. The van der Waals surface area contributed by atoms with Crippen LogP contribution in [0.1, 0.15) is 21.5 Å². The SMILES string of the molecule is N#C/C(=C\c1ccccc1)c1c(F)c(F)c(F)c(F)c1C(=O)C(=C=N)[n+]1ccccc1. The Morgan fingerprint density at radius 1 is 0.871 bits per heavy atom. The lowest BCUT2D eigenvalue weighted by molar-refractivity contribution is -0.575.